The van der Waals surface area contributed by atoms with E-state index in [1.54, 1.807) is 11.3 Å². The van der Waals surface area contributed by atoms with Gasteiger partial charge in [0.25, 0.3) is 0 Å². The highest BCUT2D eigenvalue weighted by Gasteiger charge is 2.04. The van der Waals surface area contributed by atoms with Crippen molar-refractivity contribution < 1.29 is 5.11 Å². The van der Waals surface area contributed by atoms with Crippen LogP contribution in [-0.2, 0) is 6.42 Å². The second-order valence-corrected chi connectivity index (χ2v) is 7.04. The highest BCUT2D eigenvalue weighted by molar-refractivity contribution is 7.19. The summed E-state index contributed by atoms with van der Waals surface area (Å²) in [6, 6.07) is 22.7. The number of rotatable bonds is 6. The Kier molecular flexibility index (Phi) is 4.82. The van der Waals surface area contributed by atoms with Crippen LogP contribution in [0.3, 0.4) is 0 Å². The summed E-state index contributed by atoms with van der Waals surface area (Å²) in [4.78, 5) is 4.45. The van der Waals surface area contributed by atoms with Crippen LogP contribution in [0, 0.1) is 0 Å². The highest BCUT2D eigenvalue weighted by Crippen LogP contribution is 2.30. The van der Waals surface area contributed by atoms with Gasteiger partial charge in [0, 0.05) is 18.0 Å². The van der Waals surface area contributed by atoms with Gasteiger partial charge in [-0.05, 0) is 47.0 Å². The van der Waals surface area contributed by atoms with E-state index >= 15 is 0 Å². The Morgan fingerprint density at radius 2 is 1.62 bits per heavy atom. The van der Waals surface area contributed by atoms with Gasteiger partial charge in [-0.1, -0.05) is 53.8 Å². The number of benzene rings is 3. The molecule has 0 aliphatic rings. The molecule has 0 spiro atoms. The summed E-state index contributed by atoms with van der Waals surface area (Å²) in [5.41, 5.74) is 3.16. The molecule has 4 rings (SSSR count). The molecule has 26 heavy (non-hydrogen) atoms. The fourth-order valence-corrected chi connectivity index (χ4v) is 3.56. The molecular weight excluding hydrogens is 342 g/mol. The molecule has 130 valence electrons. The molecule has 0 amide bonds. The number of aromatic nitrogens is 1. The molecule has 0 unspecified atom stereocenters. The zero-order valence-corrected chi connectivity index (χ0v) is 15.0. The fraction of sp³-hybridized carbons (Fsp3) is 0.0952. The molecule has 0 atom stereocenters. The molecule has 0 fully saturated rings. The van der Waals surface area contributed by atoms with Crippen LogP contribution >= 0.6 is 11.3 Å². The van der Waals surface area contributed by atoms with Gasteiger partial charge in [-0.3, -0.25) is 0 Å². The lowest BCUT2D eigenvalue weighted by molar-refractivity contribution is 0.299. The van der Waals surface area contributed by atoms with Crippen molar-refractivity contribution in [3.63, 3.8) is 0 Å². The second kappa shape index (κ2) is 7.56. The van der Waals surface area contributed by atoms with Gasteiger partial charge in [-0.2, -0.15) is 0 Å². The zero-order valence-electron chi connectivity index (χ0n) is 14.1. The van der Waals surface area contributed by atoms with Crippen molar-refractivity contribution in [2.45, 2.75) is 6.42 Å². The summed E-state index contributed by atoms with van der Waals surface area (Å²) in [5.74, 6) is 0. The number of fused-ring (bicyclic) bond motifs is 1. The van der Waals surface area contributed by atoms with Gasteiger partial charge in [-0.15, -0.1) is 0 Å². The largest absolute Gasteiger partial charge is 0.396 e. The van der Waals surface area contributed by atoms with Crippen molar-refractivity contribution in [1.82, 2.24) is 4.98 Å². The number of hydrogen-bond acceptors (Lipinski definition) is 5. The maximum atomic E-state index is 8.98. The Bertz CT molecular complexity index is 1010. The summed E-state index contributed by atoms with van der Waals surface area (Å²) < 4.78 is 0. The smallest absolute Gasteiger partial charge is 0.189 e. The Hall–Kier alpha value is -2.89. The minimum Gasteiger partial charge on any atom is -0.396 e. The quantitative estimate of drug-likeness (QED) is 0.435. The average molecular weight is 361 g/mol. The summed E-state index contributed by atoms with van der Waals surface area (Å²) in [5, 5.41) is 20.0. The lowest BCUT2D eigenvalue weighted by Gasteiger charge is -2.05. The molecule has 0 aliphatic heterocycles. The third-order valence-corrected chi connectivity index (χ3v) is 4.96. The summed E-state index contributed by atoms with van der Waals surface area (Å²) in [6.45, 7) is 0.172. The third-order valence-electron chi connectivity index (χ3n) is 4.13. The minimum absolute atomic E-state index is 0.172. The molecule has 0 aliphatic carbocycles. The van der Waals surface area contributed by atoms with Crippen molar-refractivity contribution in [2.75, 3.05) is 17.2 Å². The van der Waals surface area contributed by atoms with Gasteiger partial charge in [0.1, 0.15) is 5.00 Å². The Morgan fingerprint density at radius 1 is 0.846 bits per heavy atom. The Labute approximate surface area is 156 Å². The first-order chi connectivity index (χ1) is 12.8. The first-order valence-corrected chi connectivity index (χ1v) is 9.30. The van der Waals surface area contributed by atoms with Crippen LogP contribution in [0.5, 0.6) is 0 Å². The topological polar surface area (TPSA) is 57.2 Å². The van der Waals surface area contributed by atoms with E-state index < -0.39 is 0 Å². The predicted octanol–water partition coefficient (Wildman–Crippen LogP) is 5.32. The van der Waals surface area contributed by atoms with Crippen molar-refractivity contribution in [2.24, 2.45) is 0 Å². The van der Waals surface area contributed by atoms with Crippen molar-refractivity contribution in [1.29, 1.82) is 0 Å². The zero-order chi connectivity index (χ0) is 17.8. The van der Waals surface area contributed by atoms with Crippen LogP contribution in [0.15, 0.2) is 72.9 Å². The number of nitrogens with one attached hydrogen (secondary N) is 2. The van der Waals surface area contributed by atoms with Gasteiger partial charge < -0.3 is 15.7 Å². The maximum absolute atomic E-state index is 8.98. The van der Waals surface area contributed by atoms with Gasteiger partial charge >= 0.3 is 0 Å². The van der Waals surface area contributed by atoms with E-state index in [-0.39, 0.29) is 6.61 Å². The van der Waals surface area contributed by atoms with Crippen molar-refractivity contribution in [3.8, 4) is 0 Å². The van der Waals surface area contributed by atoms with E-state index in [0.29, 0.717) is 6.42 Å². The second-order valence-electron chi connectivity index (χ2n) is 6.01. The first-order valence-electron chi connectivity index (χ1n) is 8.49. The van der Waals surface area contributed by atoms with Crippen LogP contribution in [0.1, 0.15) is 5.56 Å². The number of aliphatic hydroxyl groups is 1. The van der Waals surface area contributed by atoms with E-state index in [2.05, 4.69) is 45.9 Å². The lowest BCUT2D eigenvalue weighted by Crippen LogP contribution is -1.91. The van der Waals surface area contributed by atoms with Crippen molar-refractivity contribution >= 4 is 43.6 Å². The summed E-state index contributed by atoms with van der Waals surface area (Å²) in [7, 11) is 0. The van der Waals surface area contributed by atoms with Gasteiger partial charge in [0.2, 0.25) is 0 Å². The summed E-state index contributed by atoms with van der Waals surface area (Å²) in [6.07, 6.45) is 2.51. The standard InChI is InChI=1S/C21H19N3OS/c25-12-11-15-5-8-18(9-6-15)23-20-14-22-21(26-20)24-19-10-7-16-3-1-2-4-17(16)13-19/h1-10,13-14,23,25H,11-12H2,(H,22,24). The lowest BCUT2D eigenvalue weighted by atomic mass is 10.1. The van der Waals surface area contributed by atoms with Crippen molar-refractivity contribution in [3.05, 3.63) is 78.5 Å². The SMILES string of the molecule is OCCc1ccc(Nc2cnc(Nc3ccc4ccccc4c3)s2)cc1. The average Bonchev–Trinajstić information content (AvgIpc) is 3.10. The van der Waals surface area contributed by atoms with Gasteiger partial charge in [0.15, 0.2) is 5.13 Å². The Morgan fingerprint density at radius 3 is 2.42 bits per heavy atom. The molecule has 5 heteroatoms. The molecule has 3 aromatic carbocycles. The molecule has 0 saturated carbocycles. The Balaban J connectivity index is 1.45. The van der Waals surface area contributed by atoms with Crippen LogP contribution in [0.4, 0.5) is 21.5 Å². The molecular formula is C21H19N3OS. The highest BCUT2D eigenvalue weighted by atomic mass is 32.1. The first kappa shape index (κ1) is 16.6. The fourth-order valence-electron chi connectivity index (χ4n) is 2.81. The minimum atomic E-state index is 0.172. The monoisotopic (exact) mass is 361 g/mol. The van der Waals surface area contributed by atoms with Crippen LogP contribution < -0.4 is 10.6 Å². The molecule has 3 N–H and O–H groups in total. The normalized spacial score (nSPS) is 10.8. The van der Waals surface area contributed by atoms with Gasteiger partial charge in [-0.25, -0.2) is 4.98 Å². The number of aliphatic hydroxyl groups excluding tert-OH is 1. The molecule has 0 radical (unpaired) electrons. The number of thiazole rings is 1. The van der Waals surface area contributed by atoms with E-state index in [1.807, 2.05) is 42.6 Å². The number of anilines is 4. The van der Waals surface area contributed by atoms with Crippen LogP contribution in [0.2, 0.25) is 0 Å². The van der Waals surface area contributed by atoms with E-state index in [4.69, 9.17) is 5.11 Å². The van der Waals surface area contributed by atoms with E-state index in [9.17, 15) is 0 Å². The molecule has 0 saturated heterocycles. The molecule has 4 nitrogen and oxygen atoms in total. The third kappa shape index (κ3) is 3.85. The van der Waals surface area contributed by atoms with Crippen LogP contribution in [0.25, 0.3) is 10.8 Å². The van der Waals surface area contributed by atoms with E-state index in [1.165, 1.54) is 10.8 Å². The number of hydrogen-bond donors (Lipinski definition) is 3. The van der Waals surface area contributed by atoms with E-state index in [0.717, 1.165) is 27.1 Å². The summed E-state index contributed by atoms with van der Waals surface area (Å²) >= 11 is 1.57. The molecule has 0 bridgehead atoms. The molecule has 1 heterocycles. The molecule has 1 aromatic heterocycles. The number of nitrogens with zero attached hydrogens (tertiary/aromatic N) is 1. The maximum Gasteiger partial charge on any atom is 0.189 e. The van der Waals surface area contributed by atoms with Crippen LogP contribution in [-0.4, -0.2) is 16.7 Å². The van der Waals surface area contributed by atoms with Gasteiger partial charge in [0.05, 0.1) is 6.20 Å². The molecule has 4 aromatic rings. The predicted molar refractivity (Wildman–Crippen MR) is 110 cm³/mol.